The summed E-state index contributed by atoms with van der Waals surface area (Å²) < 4.78 is 0. The molecule has 0 spiro atoms. The van der Waals surface area contributed by atoms with Gasteiger partial charge in [-0.15, -0.1) is 0 Å². The molecule has 2 rings (SSSR count). The van der Waals surface area contributed by atoms with E-state index >= 15 is 0 Å². The highest BCUT2D eigenvalue weighted by Gasteiger charge is 2.37. The van der Waals surface area contributed by atoms with Crippen LogP contribution in [0.2, 0.25) is 0 Å². The lowest BCUT2D eigenvalue weighted by Crippen LogP contribution is -2.63. The average Bonchev–Trinajstić information content (AvgIpc) is 2.17. The van der Waals surface area contributed by atoms with Crippen LogP contribution in [0.25, 0.3) is 0 Å². The van der Waals surface area contributed by atoms with Crippen LogP contribution in [0, 0.1) is 0 Å². The zero-order valence-corrected chi connectivity index (χ0v) is 10.6. The molecule has 1 heterocycles. The van der Waals surface area contributed by atoms with Gasteiger partial charge in [-0.3, -0.25) is 4.90 Å². The molecule has 1 N–H and O–H groups in total. The van der Waals surface area contributed by atoms with Crippen LogP contribution in [0.15, 0.2) is 0 Å². The van der Waals surface area contributed by atoms with E-state index in [1.54, 1.807) is 0 Å². The SMILES string of the molecule is CC1(C)CN(C2(C)CCCCC2)CCN1. The fourth-order valence-electron chi connectivity index (χ4n) is 3.23. The van der Waals surface area contributed by atoms with E-state index in [0.717, 1.165) is 6.54 Å². The third-order valence-corrected chi connectivity index (χ3v) is 4.27. The minimum absolute atomic E-state index is 0.304. The van der Waals surface area contributed by atoms with E-state index in [4.69, 9.17) is 0 Å². The number of rotatable bonds is 1. The topological polar surface area (TPSA) is 15.3 Å². The van der Waals surface area contributed by atoms with Gasteiger partial charge in [-0.1, -0.05) is 19.3 Å². The minimum atomic E-state index is 0.304. The number of hydrogen-bond donors (Lipinski definition) is 1. The van der Waals surface area contributed by atoms with Crippen molar-refractivity contribution in [3.05, 3.63) is 0 Å². The van der Waals surface area contributed by atoms with Gasteiger partial charge in [0.25, 0.3) is 0 Å². The van der Waals surface area contributed by atoms with E-state index in [9.17, 15) is 0 Å². The van der Waals surface area contributed by atoms with Gasteiger partial charge >= 0.3 is 0 Å². The molecule has 1 saturated heterocycles. The molecule has 15 heavy (non-hydrogen) atoms. The van der Waals surface area contributed by atoms with Gasteiger partial charge in [0, 0.05) is 30.7 Å². The van der Waals surface area contributed by atoms with E-state index in [0.29, 0.717) is 11.1 Å². The Morgan fingerprint density at radius 2 is 1.67 bits per heavy atom. The van der Waals surface area contributed by atoms with Gasteiger partial charge in [0.15, 0.2) is 0 Å². The Bertz CT molecular complexity index is 217. The van der Waals surface area contributed by atoms with Crippen LogP contribution >= 0.6 is 0 Å². The van der Waals surface area contributed by atoms with Crippen LogP contribution in [0.4, 0.5) is 0 Å². The zero-order chi connectivity index (χ0) is 10.9. The summed E-state index contributed by atoms with van der Waals surface area (Å²) in [5.74, 6) is 0. The van der Waals surface area contributed by atoms with Crippen molar-refractivity contribution in [3.8, 4) is 0 Å². The second-order valence-corrected chi connectivity index (χ2v) is 6.29. The van der Waals surface area contributed by atoms with Crippen LogP contribution in [-0.2, 0) is 0 Å². The van der Waals surface area contributed by atoms with Crippen molar-refractivity contribution in [3.63, 3.8) is 0 Å². The van der Waals surface area contributed by atoms with Crippen molar-refractivity contribution in [1.29, 1.82) is 0 Å². The lowest BCUT2D eigenvalue weighted by atomic mass is 9.80. The van der Waals surface area contributed by atoms with Crippen LogP contribution < -0.4 is 5.32 Å². The van der Waals surface area contributed by atoms with Gasteiger partial charge < -0.3 is 5.32 Å². The fourth-order valence-corrected chi connectivity index (χ4v) is 3.23. The van der Waals surface area contributed by atoms with E-state index in [-0.39, 0.29) is 0 Å². The summed E-state index contributed by atoms with van der Waals surface area (Å²) in [6.45, 7) is 10.7. The summed E-state index contributed by atoms with van der Waals surface area (Å²) in [6.07, 6.45) is 7.12. The number of nitrogens with zero attached hydrogens (tertiary/aromatic N) is 1. The molecule has 2 nitrogen and oxygen atoms in total. The molecule has 1 saturated carbocycles. The maximum absolute atomic E-state index is 3.60. The van der Waals surface area contributed by atoms with E-state index in [1.807, 2.05) is 0 Å². The van der Waals surface area contributed by atoms with Crippen molar-refractivity contribution in [2.45, 2.75) is 64.0 Å². The predicted molar refractivity (Wildman–Crippen MR) is 65.1 cm³/mol. The maximum atomic E-state index is 3.60. The molecule has 0 aromatic carbocycles. The highest BCUT2D eigenvalue weighted by atomic mass is 15.3. The van der Waals surface area contributed by atoms with Gasteiger partial charge in [0.05, 0.1) is 0 Å². The third kappa shape index (κ3) is 2.54. The molecule has 1 aliphatic carbocycles. The normalized spacial score (nSPS) is 31.4. The van der Waals surface area contributed by atoms with Gasteiger partial charge in [0.1, 0.15) is 0 Å². The molecular weight excluding hydrogens is 184 g/mol. The summed E-state index contributed by atoms with van der Waals surface area (Å²) in [4.78, 5) is 2.74. The van der Waals surface area contributed by atoms with Crippen molar-refractivity contribution >= 4 is 0 Å². The molecule has 0 aromatic rings. The van der Waals surface area contributed by atoms with Crippen LogP contribution in [0.1, 0.15) is 52.9 Å². The van der Waals surface area contributed by atoms with E-state index in [2.05, 4.69) is 31.0 Å². The summed E-state index contributed by atoms with van der Waals surface area (Å²) in [7, 11) is 0. The molecule has 2 fully saturated rings. The maximum Gasteiger partial charge on any atom is 0.0252 e. The Balaban J connectivity index is 2.02. The van der Waals surface area contributed by atoms with Crippen molar-refractivity contribution in [1.82, 2.24) is 10.2 Å². The molecule has 88 valence electrons. The summed E-state index contributed by atoms with van der Waals surface area (Å²) >= 11 is 0. The molecule has 0 radical (unpaired) electrons. The van der Waals surface area contributed by atoms with Gasteiger partial charge in [0.2, 0.25) is 0 Å². The minimum Gasteiger partial charge on any atom is -0.309 e. The molecule has 0 unspecified atom stereocenters. The first-order chi connectivity index (χ1) is 7.02. The highest BCUT2D eigenvalue weighted by Crippen LogP contribution is 2.34. The van der Waals surface area contributed by atoms with E-state index in [1.165, 1.54) is 45.2 Å². The molecule has 0 bridgehead atoms. The largest absolute Gasteiger partial charge is 0.309 e. The molecule has 2 aliphatic rings. The smallest absolute Gasteiger partial charge is 0.0252 e. The van der Waals surface area contributed by atoms with Crippen molar-refractivity contribution in [2.75, 3.05) is 19.6 Å². The summed E-state index contributed by atoms with van der Waals surface area (Å²) in [5, 5.41) is 3.60. The first-order valence-electron chi connectivity index (χ1n) is 6.52. The highest BCUT2D eigenvalue weighted by molar-refractivity contribution is 4.96. The Kier molecular flexibility index (Phi) is 3.09. The molecule has 0 aromatic heterocycles. The number of hydrogen-bond acceptors (Lipinski definition) is 2. The van der Waals surface area contributed by atoms with Crippen molar-refractivity contribution < 1.29 is 0 Å². The monoisotopic (exact) mass is 210 g/mol. The summed E-state index contributed by atoms with van der Waals surface area (Å²) in [6, 6.07) is 0. The molecule has 2 heteroatoms. The number of piperazine rings is 1. The quantitative estimate of drug-likeness (QED) is 0.715. The van der Waals surface area contributed by atoms with Crippen LogP contribution in [0.3, 0.4) is 0 Å². The van der Waals surface area contributed by atoms with Crippen molar-refractivity contribution in [2.24, 2.45) is 0 Å². The molecule has 1 aliphatic heterocycles. The second kappa shape index (κ2) is 4.06. The molecule has 0 amide bonds. The van der Waals surface area contributed by atoms with Gasteiger partial charge in [-0.05, 0) is 33.6 Å². The zero-order valence-electron chi connectivity index (χ0n) is 10.6. The van der Waals surface area contributed by atoms with Gasteiger partial charge in [-0.25, -0.2) is 0 Å². The van der Waals surface area contributed by atoms with Crippen LogP contribution in [0.5, 0.6) is 0 Å². The fraction of sp³-hybridized carbons (Fsp3) is 1.00. The second-order valence-electron chi connectivity index (χ2n) is 6.29. The molecule has 0 atom stereocenters. The van der Waals surface area contributed by atoms with Gasteiger partial charge in [-0.2, -0.15) is 0 Å². The van der Waals surface area contributed by atoms with E-state index < -0.39 is 0 Å². The standard InChI is InChI=1S/C13H26N2/c1-12(2)11-15(10-9-14-12)13(3)7-5-4-6-8-13/h14H,4-11H2,1-3H3. The predicted octanol–water partition coefficient (Wildman–Crippen LogP) is 2.39. The first kappa shape index (κ1) is 11.4. The first-order valence-corrected chi connectivity index (χ1v) is 6.52. The lowest BCUT2D eigenvalue weighted by Gasteiger charge is -2.50. The Labute approximate surface area is 94.4 Å². The average molecular weight is 210 g/mol. The Hall–Kier alpha value is -0.0800. The Morgan fingerprint density at radius 3 is 2.27 bits per heavy atom. The Morgan fingerprint density at radius 1 is 1.00 bits per heavy atom. The lowest BCUT2D eigenvalue weighted by molar-refractivity contribution is 0.0215. The summed E-state index contributed by atoms with van der Waals surface area (Å²) in [5.41, 5.74) is 0.802. The van der Waals surface area contributed by atoms with Crippen LogP contribution in [-0.4, -0.2) is 35.6 Å². The third-order valence-electron chi connectivity index (χ3n) is 4.27. The molecular formula is C13H26N2. The number of nitrogens with one attached hydrogen (secondary N) is 1.